The van der Waals surface area contributed by atoms with Crippen molar-refractivity contribution in [2.24, 2.45) is 5.92 Å². The van der Waals surface area contributed by atoms with Gasteiger partial charge >= 0.3 is 0 Å². The summed E-state index contributed by atoms with van der Waals surface area (Å²) in [4.78, 5) is 13.9. The number of hydrogen-bond donors (Lipinski definition) is 1. The first-order chi connectivity index (χ1) is 8.58. The van der Waals surface area contributed by atoms with Gasteiger partial charge in [0.15, 0.2) is 0 Å². The molecule has 0 spiro atoms. The van der Waals surface area contributed by atoms with Crippen molar-refractivity contribution in [3.63, 3.8) is 0 Å². The van der Waals surface area contributed by atoms with Gasteiger partial charge in [-0.25, -0.2) is 0 Å². The molecule has 0 aliphatic carbocycles. The number of carbonyl (C=O) groups excluding carboxylic acids is 1. The Morgan fingerprint density at radius 3 is 2.83 bits per heavy atom. The molecule has 0 saturated carbocycles. The quantitative estimate of drug-likeness (QED) is 0.908. The summed E-state index contributed by atoms with van der Waals surface area (Å²) in [5.41, 5.74) is 1.07. The predicted octanol–water partition coefficient (Wildman–Crippen LogP) is 2.47. The van der Waals surface area contributed by atoms with Crippen LogP contribution in [0.25, 0.3) is 0 Å². The van der Waals surface area contributed by atoms with E-state index in [9.17, 15) is 4.79 Å². The standard InChI is InChI=1S/C14H19ClN2O/c1-10(12-4-3-5-13(15)7-12)17(2)14(18)6-11-8-16-9-11/h3-5,7,10-11,16H,6,8-9H2,1-2H3. The molecular weight excluding hydrogens is 248 g/mol. The minimum atomic E-state index is 0.0595. The molecule has 18 heavy (non-hydrogen) atoms. The molecule has 4 heteroatoms. The molecule has 0 bridgehead atoms. The lowest BCUT2D eigenvalue weighted by atomic mass is 9.98. The Bertz CT molecular complexity index is 432. The molecular formula is C14H19ClN2O. The van der Waals surface area contributed by atoms with Crippen LogP contribution in [0.3, 0.4) is 0 Å². The van der Waals surface area contributed by atoms with Gasteiger partial charge in [-0.1, -0.05) is 23.7 Å². The second-order valence-electron chi connectivity index (χ2n) is 4.96. The molecule has 1 atom stereocenters. The normalized spacial score (nSPS) is 17.1. The van der Waals surface area contributed by atoms with Gasteiger partial charge in [-0.15, -0.1) is 0 Å². The molecule has 0 aromatic heterocycles. The largest absolute Gasteiger partial charge is 0.339 e. The highest BCUT2D eigenvalue weighted by Gasteiger charge is 2.24. The molecule has 1 aliphatic rings. The van der Waals surface area contributed by atoms with Gasteiger partial charge in [0.2, 0.25) is 5.91 Å². The molecule has 1 aliphatic heterocycles. The van der Waals surface area contributed by atoms with Gasteiger partial charge in [-0.2, -0.15) is 0 Å². The summed E-state index contributed by atoms with van der Waals surface area (Å²) >= 11 is 5.98. The maximum Gasteiger partial charge on any atom is 0.223 e. The minimum Gasteiger partial charge on any atom is -0.339 e. The SMILES string of the molecule is CC(c1cccc(Cl)c1)N(C)C(=O)CC1CNC1. The first-order valence-corrected chi connectivity index (χ1v) is 6.67. The van der Waals surface area contributed by atoms with Gasteiger partial charge in [0.1, 0.15) is 0 Å². The molecule has 3 nitrogen and oxygen atoms in total. The monoisotopic (exact) mass is 266 g/mol. The van der Waals surface area contributed by atoms with Crippen molar-refractivity contribution in [2.75, 3.05) is 20.1 Å². The fourth-order valence-electron chi connectivity index (χ4n) is 2.09. The molecule has 1 heterocycles. The first-order valence-electron chi connectivity index (χ1n) is 6.29. The van der Waals surface area contributed by atoms with Crippen LogP contribution >= 0.6 is 11.6 Å². The number of nitrogens with one attached hydrogen (secondary N) is 1. The topological polar surface area (TPSA) is 32.3 Å². The zero-order valence-corrected chi connectivity index (χ0v) is 11.6. The number of carbonyl (C=O) groups is 1. The third-order valence-corrected chi connectivity index (χ3v) is 3.87. The van der Waals surface area contributed by atoms with Gasteiger partial charge < -0.3 is 10.2 Å². The lowest BCUT2D eigenvalue weighted by molar-refractivity contribution is -0.133. The van der Waals surface area contributed by atoms with Crippen molar-refractivity contribution >= 4 is 17.5 Å². The summed E-state index contributed by atoms with van der Waals surface area (Å²) < 4.78 is 0. The van der Waals surface area contributed by atoms with E-state index in [1.807, 2.05) is 43.1 Å². The number of hydrogen-bond acceptors (Lipinski definition) is 2. The maximum atomic E-state index is 12.1. The highest BCUT2D eigenvalue weighted by molar-refractivity contribution is 6.30. The van der Waals surface area contributed by atoms with Crippen LogP contribution in [0, 0.1) is 5.92 Å². The molecule has 1 aromatic rings. The van der Waals surface area contributed by atoms with Gasteiger partial charge in [0.25, 0.3) is 0 Å². The molecule has 1 amide bonds. The van der Waals surface area contributed by atoms with E-state index in [0.29, 0.717) is 17.4 Å². The van der Waals surface area contributed by atoms with E-state index in [4.69, 9.17) is 11.6 Å². The van der Waals surface area contributed by atoms with Crippen molar-refractivity contribution in [2.45, 2.75) is 19.4 Å². The van der Waals surface area contributed by atoms with Crippen LogP contribution in [-0.4, -0.2) is 30.9 Å². The molecule has 98 valence electrons. The highest BCUT2D eigenvalue weighted by atomic mass is 35.5. The van der Waals surface area contributed by atoms with E-state index in [-0.39, 0.29) is 11.9 Å². The summed E-state index contributed by atoms with van der Waals surface area (Å²) in [6.07, 6.45) is 0.633. The molecule has 1 unspecified atom stereocenters. The van der Waals surface area contributed by atoms with Crippen molar-refractivity contribution < 1.29 is 4.79 Å². The van der Waals surface area contributed by atoms with E-state index in [2.05, 4.69) is 5.32 Å². The lowest BCUT2D eigenvalue weighted by Gasteiger charge is -2.31. The zero-order valence-electron chi connectivity index (χ0n) is 10.8. The first kappa shape index (κ1) is 13.4. The van der Waals surface area contributed by atoms with Gasteiger partial charge in [-0.05, 0) is 43.6 Å². The van der Waals surface area contributed by atoms with Crippen molar-refractivity contribution in [3.8, 4) is 0 Å². The second-order valence-corrected chi connectivity index (χ2v) is 5.40. The van der Waals surface area contributed by atoms with Gasteiger partial charge in [0, 0.05) is 18.5 Å². The number of benzene rings is 1. The molecule has 1 aromatic carbocycles. The third-order valence-electron chi connectivity index (χ3n) is 3.63. The van der Waals surface area contributed by atoms with E-state index >= 15 is 0 Å². The van der Waals surface area contributed by atoms with E-state index in [1.54, 1.807) is 0 Å². The van der Waals surface area contributed by atoms with Gasteiger partial charge in [-0.3, -0.25) is 4.79 Å². The molecule has 1 fully saturated rings. The van der Waals surface area contributed by atoms with E-state index in [1.165, 1.54) is 0 Å². The fourth-order valence-corrected chi connectivity index (χ4v) is 2.29. The van der Waals surface area contributed by atoms with Crippen LogP contribution in [0.4, 0.5) is 0 Å². The summed E-state index contributed by atoms with van der Waals surface area (Å²) in [6.45, 7) is 3.96. The third kappa shape index (κ3) is 3.03. The summed E-state index contributed by atoms with van der Waals surface area (Å²) in [6, 6.07) is 7.75. The summed E-state index contributed by atoms with van der Waals surface area (Å²) in [5, 5.41) is 3.90. The Balaban J connectivity index is 1.98. The molecule has 2 rings (SSSR count). The lowest BCUT2D eigenvalue weighted by Crippen LogP contribution is -2.45. The number of rotatable bonds is 4. The fraction of sp³-hybridized carbons (Fsp3) is 0.500. The van der Waals surface area contributed by atoms with Crippen molar-refractivity contribution in [1.29, 1.82) is 0 Å². The van der Waals surface area contributed by atoms with Crippen LogP contribution in [0.5, 0.6) is 0 Å². The predicted molar refractivity (Wildman–Crippen MR) is 73.6 cm³/mol. The Labute approximate surface area is 113 Å². The average molecular weight is 267 g/mol. The Hall–Kier alpha value is -1.06. The van der Waals surface area contributed by atoms with Crippen molar-refractivity contribution in [1.82, 2.24) is 10.2 Å². The van der Waals surface area contributed by atoms with Crippen LogP contribution < -0.4 is 5.32 Å². The molecule has 1 N–H and O–H groups in total. The smallest absolute Gasteiger partial charge is 0.223 e. The van der Waals surface area contributed by atoms with Gasteiger partial charge in [0.05, 0.1) is 6.04 Å². The van der Waals surface area contributed by atoms with Crippen LogP contribution in [0.1, 0.15) is 24.9 Å². The minimum absolute atomic E-state index is 0.0595. The highest BCUT2D eigenvalue weighted by Crippen LogP contribution is 2.23. The Morgan fingerprint density at radius 1 is 1.56 bits per heavy atom. The zero-order chi connectivity index (χ0) is 13.1. The maximum absolute atomic E-state index is 12.1. The summed E-state index contributed by atoms with van der Waals surface area (Å²) in [5.74, 6) is 0.709. The van der Waals surface area contributed by atoms with Crippen LogP contribution in [-0.2, 0) is 4.79 Å². The van der Waals surface area contributed by atoms with Crippen LogP contribution in [0.2, 0.25) is 5.02 Å². The number of nitrogens with zero attached hydrogens (tertiary/aromatic N) is 1. The van der Waals surface area contributed by atoms with E-state index in [0.717, 1.165) is 18.7 Å². The Morgan fingerprint density at radius 2 is 2.28 bits per heavy atom. The van der Waals surface area contributed by atoms with Crippen LogP contribution in [0.15, 0.2) is 24.3 Å². The second kappa shape index (κ2) is 5.72. The van der Waals surface area contributed by atoms with E-state index < -0.39 is 0 Å². The Kier molecular flexibility index (Phi) is 4.25. The molecule has 1 saturated heterocycles. The number of amides is 1. The average Bonchev–Trinajstić information content (AvgIpc) is 2.31. The number of halogens is 1. The summed E-state index contributed by atoms with van der Waals surface area (Å²) in [7, 11) is 1.86. The molecule has 0 radical (unpaired) electrons. The van der Waals surface area contributed by atoms with Crippen molar-refractivity contribution in [3.05, 3.63) is 34.9 Å².